The van der Waals surface area contributed by atoms with Gasteiger partial charge in [0.1, 0.15) is 0 Å². The van der Waals surface area contributed by atoms with E-state index >= 15 is 0 Å². The van der Waals surface area contributed by atoms with Crippen LogP contribution in [0.4, 0.5) is 0 Å². The van der Waals surface area contributed by atoms with Crippen molar-refractivity contribution in [2.24, 2.45) is 5.92 Å². The number of piperidine rings is 1. The van der Waals surface area contributed by atoms with Crippen molar-refractivity contribution in [1.29, 1.82) is 0 Å². The zero-order valence-electron chi connectivity index (χ0n) is 17.4. The third kappa shape index (κ3) is 3.96. The molecule has 2 saturated heterocycles. The molecule has 0 saturated carbocycles. The predicted octanol–water partition coefficient (Wildman–Crippen LogP) is 1.71. The van der Waals surface area contributed by atoms with Crippen LogP contribution in [0.15, 0.2) is 45.8 Å². The predicted molar refractivity (Wildman–Crippen MR) is 114 cm³/mol. The highest BCUT2D eigenvalue weighted by molar-refractivity contribution is 5.91. The molecule has 2 bridgehead atoms. The first-order valence-corrected chi connectivity index (χ1v) is 11.1. The van der Waals surface area contributed by atoms with E-state index in [1.54, 1.807) is 24.5 Å². The molecule has 5 rings (SSSR count). The van der Waals surface area contributed by atoms with Gasteiger partial charge in [-0.2, -0.15) is 0 Å². The van der Waals surface area contributed by atoms with E-state index in [9.17, 15) is 9.59 Å². The van der Waals surface area contributed by atoms with E-state index in [1.807, 2.05) is 15.5 Å². The summed E-state index contributed by atoms with van der Waals surface area (Å²) in [4.78, 5) is 31.5. The second-order valence-corrected chi connectivity index (χ2v) is 8.92. The molecule has 160 valence electrons. The van der Waals surface area contributed by atoms with Gasteiger partial charge in [0, 0.05) is 63.5 Å². The lowest BCUT2D eigenvalue weighted by Crippen LogP contribution is -2.50. The van der Waals surface area contributed by atoms with E-state index in [4.69, 9.17) is 4.42 Å². The molecule has 2 aromatic heterocycles. The van der Waals surface area contributed by atoms with Crippen LogP contribution >= 0.6 is 0 Å². The Morgan fingerprint density at radius 2 is 1.80 bits per heavy atom. The number of carbonyl (C=O) groups excluding carboxylic acids is 1. The summed E-state index contributed by atoms with van der Waals surface area (Å²) in [5.41, 5.74) is 1.38. The zero-order chi connectivity index (χ0) is 20.5. The molecule has 7 nitrogen and oxygen atoms in total. The summed E-state index contributed by atoms with van der Waals surface area (Å²) in [7, 11) is 0. The summed E-state index contributed by atoms with van der Waals surface area (Å²) < 4.78 is 7.24. The molecule has 0 aromatic carbocycles. The molecule has 3 aliphatic rings. The number of hydrogen-bond donors (Lipinski definition) is 0. The van der Waals surface area contributed by atoms with Crippen molar-refractivity contribution in [2.45, 2.75) is 25.3 Å². The normalized spacial score (nSPS) is 24.6. The Bertz CT molecular complexity index is 930. The monoisotopic (exact) mass is 410 g/mol. The third-order valence-corrected chi connectivity index (χ3v) is 6.90. The minimum Gasteiger partial charge on any atom is -0.459 e. The van der Waals surface area contributed by atoms with Gasteiger partial charge in [0.05, 0.1) is 6.26 Å². The fourth-order valence-corrected chi connectivity index (χ4v) is 5.43. The van der Waals surface area contributed by atoms with Crippen LogP contribution in [0.25, 0.3) is 0 Å². The maximum Gasteiger partial charge on any atom is 0.289 e. The molecule has 0 aliphatic carbocycles. The van der Waals surface area contributed by atoms with E-state index < -0.39 is 0 Å². The standard InChI is InChI=1S/C23H30N4O3/c28-22-6-1-4-20-19-14-18(16-27(20)22)15-25(17-19)8-3-7-24-9-11-26(12-10-24)23(29)21-5-2-13-30-21/h1-2,4-6,13,18-19H,3,7-12,14-17H2/t18-,19+/m0/s1. The van der Waals surface area contributed by atoms with Gasteiger partial charge in [0.25, 0.3) is 11.5 Å². The molecule has 0 unspecified atom stereocenters. The van der Waals surface area contributed by atoms with Crippen LogP contribution in [-0.2, 0) is 6.54 Å². The van der Waals surface area contributed by atoms with E-state index in [-0.39, 0.29) is 11.5 Å². The Balaban J connectivity index is 1.08. The molecule has 2 atom stereocenters. The lowest BCUT2D eigenvalue weighted by Gasteiger charge is -2.43. The Kier molecular flexibility index (Phi) is 5.48. The first-order valence-electron chi connectivity index (χ1n) is 11.1. The molecule has 3 aliphatic heterocycles. The van der Waals surface area contributed by atoms with E-state index in [2.05, 4.69) is 15.9 Å². The largest absolute Gasteiger partial charge is 0.459 e. The maximum absolute atomic E-state index is 12.4. The first kappa shape index (κ1) is 19.6. The average molecular weight is 411 g/mol. The van der Waals surface area contributed by atoms with E-state index in [1.165, 1.54) is 12.1 Å². The molecule has 0 spiro atoms. The maximum atomic E-state index is 12.4. The van der Waals surface area contributed by atoms with Gasteiger partial charge in [-0.1, -0.05) is 6.07 Å². The van der Waals surface area contributed by atoms with Gasteiger partial charge < -0.3 is 18.8 Å². The van der Waals surface area contributed by atoms with Crippen molar-refractivity contribution >= 4 is 5.91 Å². The second-order valence-electron chi connectivity index (χ2n) is 8.92. The number of furan rings is 1. The Morgan fingerprint density at radius 3 is 2.60 bits per heavy atom. The fraction of sp³-hybridized carbons (Fsp3) is 0.565. The average Bonchev–Trinajstić information content (AvgIpc) is 3.30. The minimum atomic E-state index is -0.00102. The number of fused-ring (bicyclic) bond motifs is 4. The molecule has 5 heterocycles. The first-order chi connectivity index (χ1) is 14.7. The molecule has 30 heavy (non-hydrogen) atoms. The Hall–Kier alpha value is -2.38. The number of carbonyl (C=O) groups is 1. The van der Waals surface area contributed by atoms with Crippen LogP contribution in [0.3, 0.4) is 0 Å². The summed E-state index contributed by atoms with van der Waals surface area (Å²) in [6, 6.07) is 9.22. The number of hydrogen-bond acceptors (Lipinski definition) is 5. The topological polar surface area (TPSA) is 61.9 Å². The number of nitrogens with zero attached hydrogens (tertiary/aromatic N) is 4. The van der Waals surface area contributed by atoms with Gasteiger partial charge in [0.2, 0.25) is 0 Å². The number of amides is 1. The van der Waals surface area contributed by atoms with Crippen LogP contribution in [-0.4, -0.2) is 77.5 Å². The van der Waals surface area contributed by atoms with Gasteiger partial charge in [0.15, 0.2) is 5.76 Å². The van der Waals surface area contributed by atoms with Crippen LogP contribution in [0.2, 0.25) is 0 Å². The van der Waals surface area contributed by atoms with Crippen LogP contribution < -0.4 is 5.56 Å². The van der Waals surface area contributed by atoms with Crippen molar-refractivity contribution < 1.29 is 9.21 Å². The number of aromatic nitrogens is 1. The zero-order valence-corrected chi connectivity index (χ0v) is 17.4. The highest BCUT2D eigenvalue weighted by Gasteiger charge is 2.34. The molecule has 2 aromatic rings. The van der Waals surface area contributed by atoms with E-state index in [0.29, 0.717) is 17.6 Å². The van der Waals surface area contributed by atoms with Crippen LogP contribution in [0.1, 0.15) is 35.0 Å². The summed E-state index contributed by atoms with van der Waals surface area (Å²) in [6.07, 6.45) is 3.91. The quantitative estimate of drug-likeness (QED) is 0.751. The summed E-state index contributed by atoms with van der Waals surface area (Å²) in [5, 5.41) is 0. The molecule has 1 amide bonds. The number of piperazine rings is 1. The summed E-state index contributed by atoms with van der Waals surface area (Å²) >= 11 is 0. The molecule has 2 fully saturated rings. The fourth-order valence-electron chi connectivity index (χ4n) is 5.43. The SMILES string of the molecule is O=C(c1ccco1)N1CCN(CCCN2C[C@@H]3C[C@H](C2)c2cccc(=O)n2C3)CC1. The minimum absolute atomic E-state index is 0.00102. The Labute approximate surface area is 176 Å². The lowest BCUT2D eigenvalue weighted by molar-refractivity contribution is 0.0594. The van der Waals surface area contributed by atoms with Crippen LogP contribution in [0, 0.1) is 5.92 Å². The van der Waals surface area contributed by atoms with Gasteiger partial charge >= 0.3 is 0 Å². The van der Waals surface area contributed by atoms with Crippen molar-refractivity contribution in [3.8, 4) is 0 Å². The molecule has 7 heteroatoms. The molecular weight excluding hydrogens is 380 g/mol. The van der Waals surface area contributed by atoms with Crippen molar-refractivity contribution in [3.05, 3.63) is 58.4 Å². The highest BCUT2D eigenvalue weighted by Crippen LogP contribution is 2.34. The Morgan fingerprint density at radius 1 is 0.967 bits per heavy atom. The van der Waals surface area contributed by atoms with E-state index in [0.717, 1.165) is 65.3 Å². The molecule has 0 radical (unpaired) electrons. The van der Waals surface area contributed by atoms with Gasteiger partial charge in [-0.15, -0.1) is 0 Å². The molecular formula is C23H30N4O3. The summed E-state index contributed by atoms with van der Waals surface area (Å²) in [5.74, 6) is 1.51. The van der Waals surface area contributed by atoms with Crippen molar-refractivity contribution in [2.75, 3.05) is 52.4 Å². The smallest absolute Gasteiger partial charge is 0.289 e. The summed E-state index contributed by atoms with van der Waals surface area (Å²) in [6.45, 7) is 8.59. The lowest BCUT2D eigenvalue weighted by atomic mass is 9.83. The third-order valence-electron chi connectivity index (χ3n) is 6.90. The van der Waals surface area contributed by atoms with Crippen molar-refractivity contribution in [1.82, 2.24) is 19.3 Å². The van der Waals surface area contributed by atoms with Crippen LogP contribution in [0.5, 0.6) is 0 Å². The number of rotatable bonds is 5. The number of pyridine rings is 1. The van der Waals surface area contributed by atoms with Gasteiger partial charge in [-0.25, -0.2) is 0 Å². The highest BCUT2D eigenvalue weighted by atomic mass is 16.3. The second kappa shape index (κ2) is 8.40. The van der Waals surface area contributed by atoms with Crippen molar-refractivity contribution in [3.63, 3.8) is 0 Å². The number of likely N-dealkylation sites (tertiary alicyclic amines) is 1. The van der Waals surface area contributed by atoms with Gasteiger partial charge in [-0.3, -0.25) is 14.5 Å². The van der Waals surface area contributed by atoms with Gasteiger partial charge in [-0.05, 0) is 50.0 Å². The molecule has 0 N–H and O–H groups in total.